The van der Waals surface area contributed by atoms with E-state index >= 15 is 0 Å². The highest BCUT2D eigenvalue weighted by molar-refractivity contribution is 5.90. The fourth-order valence-corrected chi connectivity index (χ4v) is 4.07. The number of rotatable bonds is 19. The van der Waals surface area contributed by atoms with E-state index in [1.165, 1.54) is 57.4 Å². The highest BCUT2D eigenvalue weighted by Crippen LogP contribution is 2.17. The second kappa shape index (κ2) is 19.1. The van der Waals surface area contributed by atoms with Crippen molar-refractivity contribution in [2.45, 2.75) is 104 Å². The Morgan fingerprint density at radius 1 is 0.737 bits per heavy atom. The maximum atomic E-state index is 12.3. The van der Waals surface area contributed by atoms with E-state index < -0.39 is 5.97 Å². The summed E-state index contributed by atoms with van der Waals surface area (Å²) in [6, 6.07) is 14.1. The van der Waals surface area contributed by atoms with Gasteiger partial charge in [0.25, 0.3) is 0 Å². The van der Waals surface area contributed by atoms with Gasteiger partial charge in [0.15, 0.2) is 0 Å². The molecule has 0 saturated heterocycles. The molecule has 38 heavy (non-hydrogen) atoms. The molecule has 1 unspecified atom stereocenters. The first-order chi connectivity index (χ1) is 18.5. The normalized spacial score (nSPS) is 11.9. The van der Waals surface area contributed by atoms with Crippen molar-refractivity contribution in [3.8, 4) is 11.5 Å². The second-order valence-corrected chi connectivity index (χ2v) is 9.88. The molecule has 0 aliphatic heterocycles. The van der Waals surface area contributed by atoms with Gasteiger partial charge in [-0.05, 0) is 74.2 Å². The third kappa shape index (κ3) is 13.5. The maximum absolute atomic E-state index is 12.3. The van der Waals surface area contributed by atoms with E-state index in [4.69, 9.17) is 14.2 Å². The topological polar surface area (TPSA) is 61.8 Å². The number of hydrogen-bond acceptors (Lipinski definition) is 5. The molecule has 2 aromatic carbocycles. The first kappa shape index (κ1) is 31.1. The van der Waals surface area contributed by atoms with Crippen LogP contribution in [0.5, 0.6) is 11.5 Å². The number of ether oxygens (including phenoxy) is 3. The van der Waals surface area contributed by atoms with Crippen LogP contribution in [-0.4, -0.2) is 24.6 Å². The van der Waals surface area contributed by atoms with Crippen molar-refractivity contribution in [3.05, 3.63) is 65.7 Å². The highest BCUT2D eigenvalue weighted by atomic mass is 16.5. The van der Waals surface area contributed by atoms with Crippen LogP contribution < -0.4 is 9.47 Å². The van der Waals surface area contributed by atoms with Gasteiger partial charge in [0.1, 0.15) is 11.5 Å². The molecule has 5 heteroatoms. The van der Waals surface area contributed by atoms with E-state index in [2.05, 4.69) is 13.8 Å². The van der Waals surface area contributed by atoms with Gasteiger partial charge in [-0.25, -0.2) is 9.59 Å². The largest absolute Gasteiger partial charge is 0.494 e. The minimum atomic E-state index is -0.486. The molecule has 0 heterocycles. The highest BCUT2D eigenvalue weighted by Gasteiger charge is 2.12. The van der Waals surface area contributed by atoms with Crippen molar-refractivity contribution in [2.24, 2.45) is 0 Å². The summed E-state index contributed by atoms with van der Waals surface area (Å²) in [6.45, 7) is 7.06. The van der Waals surface area contributed by atoms with Crippen LogP contribution in [0.1, 0.15) is 114 Å². The zero-order valence-electron chi connectivity index (χ0n) is 23.6. The van der Waals surface area contributed by atoms with Gasteiger partial charge in [-0.3, -0.25) is 0 Å². The molecule has 0 aliphatic carbocycles. The molecule has 5 nitrogen and oxygen atoms in total. The van der Waals surface area contributed by atoms with Crippen LogP contribution in [0, 0.1) is 0 Å². The van der Waals surface area contributed by atoms with Gasteiger partial charge in [0.05, 0.1) is 18.3 Å². The smallest absolute Gasteiger partial charge is 0.338 e. The van der Waals surface area contributed by atoms with Crippen molar-refractivity contribution in [1.82, 2.24) is 0 Å². The lowest BCUT2D eigenvalue weighted by atomic mass is 10.1. The van der Waals surface area contributed by atoms with Crippen molar-refractivity contribution >= 4 is 18.0 Å². The number of carbonyl (C=O) groups is 2. The molecule has 208 valence electrons. The van der Waals surface area contributed by atoms with Crippen LogP contribution in [-0.2, 0) is 9.53 Å². The van der Waals surface area contributed by atoms with Crippen LogP contribution in [0.2, 0.25) is 0 Å². The first-order valence-electron chi connectivity index (χ1n) is 14.5. The van der Waals surface area contributed by atoms with Gasteiger partial charge in [-0.15, -0.1) is 0 Å². The maximum Gasteiger partial charge on any atom is 0.338 e. The van der Waals surface area contributed by atoms with E-state index in [0.29, 0.717) is 11.3 Å². The van der Waals surface area contributed by atoms with Crippen molar-refractivity contribution in [3.63, 3.8) is 0 Å². The van der Waals surface area contributed by atoms with E-state index in [1.807, 2.05) is 31.2 Å². The molecular weight excluding hydrogens is 476 g/mol. The monoisotopic (exact) mass is 522 g/mol. The summed E-state index contributed by atoms with van der Waals surface area (Å²) in [5.74, 6) is 0.360. The fourth-order valence-electron chi connectivity index (χ4n) is 4.07. The van der Waals surface area contributed by atoms with Gasteiger partial charge in [-0.1, -0.05) is 83.8 Å². The van der Waals surface area contributed by atoms with Gasteiger partial charge in [0.2, 0.25) is 0 Å². The van der Waals surface area contributed by atoms with E-state index in [0.717, 1.165) is 43.6 Å². The first-order valence-corrected chi connectivity index (χ1v) is 14.5. The molecule has 0 aliphatic rings. The van der Waals surface area contributed by atoms with Crippen molar-refractivity contribution < 1.29 is 23.8 Å². The zero-order chi connectivity index (χ0) is 27.4. The molecular formula is C33H46O5. The lowest BCUT2D eigenvalue weighted by Crippen LogP contribution is -2.15. The van der Waals surface area contributed by atoms with E-state index in [9.17, 15) is 9.59 Å². The Bertz CT molecular complexity index is 946. The molecule has 0 fully saturated rings. The second-order valence-electron chi connectivity index (χ2n) is 9.88. The molecule has 0 bridgehead atoms. The number of hydrogen-bond donors (Lipinski definition) is 0. The summed E-state index contributed by atoms with van der Waals surface area (Å²) in [4.78, 5) is 24.6. The summed E-state index contributed by atoms with van der Waals surface area (Å²) in [6.07, 6.45) is 17.3. The molecule has 0 amide bonds. The number of carbonyl (C=O) groups excluding carboxylic acids is 2. The molecule has 1 atom stereocenters. The Labute approximate surface area is 229 Å². The van der Waals surface area contributed by atoms with E-state index in [-0.39, 0.29) is 12.1 Å². The molecule has 0 saturated carbocycles. The van der Waals surface area contributed by atoms with Crippen LogP contribution in [0.15, 0.2) is 54.6 Å². The number of benzene rings is 2. The van der Waals surface area contributed by atoms with Crippen molar-refractivity contribution in [2.75, 3.05) is 6.61 Å². The third-order valence-electron chi connectivity index (χ3n) is 6.39. The molecule has 0 aromatic heterocycles. The quantitative estimate of drug-likeness (QED) is 0.0797. The van der Waals surface area contributed by atoms with Gasteiger partial charge >= 0.3 is 11.9 Å². The lowest BCUT2D eigenvalue weighted by molar-refractivity contribution is -0.128. The van der Waals surface area contributed by atoms with Gasteiger partial charge in [-0.2, -0.15) is 0 Å². The average molecular weight is 523 g/mol. The average Bonchev–Trinajstić information content (AvgIpc) is 2.92. The molecule has 2 aromatic rings. The van der Waals surface area contributed by atoms with Crippen LogP contribution in [0.25, 0.3) is 6.08 Å². The molecule has 0 radical (unpaired) electrons. The molecule has 2 rings (SSSR count). The summed E-state index contributed by atoms with van der Waals surface area (Å²) >= 11 is 0. The van der Waals surface area contributed by atoms with Gasteiger partial charge < -0.3 is 14.2 Å². The SMILES string of the molecule is CCCCCCCCCOc1ccc(/C=C/C(=O)Oc2ccc(C(=O)OC(C)CCCCCC)cc2)cc1. The van der Waals surface area contributed by atoms with Crippen molar-refractivity contribution in [1.29, 1.82) is 0 Å². The fraction of sp³-hybridized carbons (Fsp3) is 0.515. The Morgan fingerprint density at radius 2 is 1.32 bits per heavy atom. The Morgan fingerprint density at radius 3 is 1.97 bits per heavy atom. The summed E-state index contributed by atoms with van der Waals surface area (Å²) < 4.78 is 16.7. The Balaban J connectivity index is 1.69. The van der Waals surface area contributed by atoms with Crippen LogP contribution in [0.4, 0.5) is 0 Å². The minimum absolute atomic E-state index is 0.118. The Hall–Kier alpha value is -3.08. The third-order valence-corrected chi connectivity index (χ3v) is 6.39. The summed E-state index contributed by atoms with van der Waals surface area (Å²) in [5.41, 5.74) is 1.32. The predicted molar refractivity (Wildman–Crippen MR) is 155 cm³/mol. The lowest BCUT2D eigenvalue weighted by Gasteiger charge is -2.13. The zero-order valence-corrected chi connectivity index (χ0v) is 23.6. The molecule has 0 N–H and O–H groups in total. The Kier molecular flexibility index (Phi) is 15.6. The van der Waals surface area contributed by atoms with Crippen LogP contribution in [0.3, 0.4) is 0 Å². The molecule has 0 spiro atoms. The van der Waals surface area contributed by atoms with Crippen LogP contribution >= 0.6 is 0 Å². The van der Waals surface area contributed by atoms with Gasteiger partial charge in [0, 0.05) is 6.08 Å². The number of unbranched alkanes of at least 4 members (excludes halogenated alkanes) is 9. The minimum Gasteiger partial charge on any atom is -0.494 e. The van der Waals surface area contributed by atoms with E-state index in [1.54, 1.807) is 30.3 Å². The summed E-state index contributed by atoms with van der Waals surface area (Å²) in [7, 11) is 0. The number of esters is 2. The predicted octanol–water partition coefficient (Wildman–Crippen LogP) is 8.95. The summed E-state index contributed by atoms with van der Waals surface area (Å²) in [5, 5.41) is 0. The standard InChI is InChI=1S/C33H46O5/c1-4-6-8-10-11-12-14-26-36-30-21-16-28(17-22-30)18-25-32(34)38-31-23-19-29(20-24-31)33(35)37-27(3)15-13-9-7-5-2/h16-25,27H,4-15,26H2,1-3H3/b25-18+.